The van der Waals surface area contributed by atoms with E-state index in [-0.39, 0.29) is 6.54 Å². The second kappa shape index (κ2) is 4.34. The van der Waals surface area contributed by atoms with E-state index in [1.165, 1.54) is 7.05 Å². The van der Waals surface area contributed by atoms with Crippen molar-refractivity contribution in [2.75, 3.05) is 12.8 Å². The summed E-state index contributed by atoms with van der Waals surface area (Å²) in [6.45, 7) is 3.54. The highest BCUT2D eigenvalue weighted by Gasteiger charge is 2.42. The Labute approximate surface area is 110 Å². The molecule has 4 amide bonds. The topological polar surface area (TPSA) is 96.6 Å². The Hall–Kier alpha value is -2.44. The zero-order chi connectivity index (χ0) is 14.3. The van der Waals surface area contributed by atoms with Gasteiger partial charge in [-0.1, -0.05) is 0 Å². The molecule has 1 aromatic heterocycles. The Balaban J connectivity index is 2.33. The number of nitrogens with two attached hydrogens (primary N) is 1. The van der Waals surface area contributed by atoms with Crippen LogP contribution in [0.3, 0.4) is 0 Å². The largest absolute Gasteiger partial charge is 0.398 e. The number of pyridine rings is 1. The third-order valence-corrected chi connectivity index (χ3v) is 3.23. The lowest BCUT2D eigenvalue weighted by atomic mass is 10.1. The third kappa shape index (κ3) is 1.92. The number of aromatic nitrogens is 1. The summed E-state index contributed by atoms with van der Waals surface area (Å²) in [4.78, 5) is 40.6. The molecule has 1 aliphatic rings. The summed E-state index contributed by atoms with van der Waals surface area (Å²) in [5.74, 6) is -1.67. The van der Waals surface area contributed by atoms with Crippen LogP contribution in [0.2, 0.25) is 0 Å². The van der Waals surface area contributed by atoms with Crippen molar-refractivity contribution in [1.29, 1.82) is 0 Å². The number of likely N-dealkylation sites (N-methyl/N-ethyl adjacent to an activating group) is 1. The van der Waals surface area contributed by atoms with Gasteiger partial charge in [0.15, 0.2) is 0 Å². The molecular formula is C12H14N4O3. The number of aryl methyl sites for hydroxylation is 1. The highest BCUT2D eigenvalue weighted by molar-refractivity contribution is 6.44. The molecule has 0 radical (unpaired) electrons. The molecule has 7 heteroatoms. The minimum Gasteiger partial charge on any atom is -0.398 e. The number of anilines is 1. The van der Waals surface area contributed by atoms with E-state index >= 15 is 0 Å². The number of hydrogen-bond acceptors (Lipinski definition) is 5. The van der Waals surface area contributed by atoms with Crippen LogP contribution in [0.15, 0.2) is 6.20 Å². The van der Waals surface area contributed by atoms with E-state index in [0.29, 0.717) is 16.9 Å². The summed E-state index contributed by atoms with van der Waals surface area (Å²) in [5.41, 5.74) is 8.49. The quantitative estimate of drug-likeness (QED) is 0.606. The summed E-state index contributed by atoms with van der Waals surface area (Å²) in [6.07, 6.45) is 1.58. The highest BCUT2D eigenvalue weighted by Crippen LogP contribution is 2.21. The zero-order valence-electron chi connectivity index (χ0n) is 10.9. The molecule has 2 heterocycles. The Morgan fingerprint density at radius 1 is 1.21 bits per heavy atom. The third-order valence-electron chi connectivity index (χ3n) is 3.23. The Bertz CT molecular complexity index is 597. The molecule has 0 bridgehead atoms. The van der Waals surface area contributed by atoms with E-state index in [1.54, 1.807) is 13.1 Å². The molecule has 0 unspecified atom stereocenters. The molecule has 1 aliphatic heterocycles. The number of urea groups is 1. The normalized spacial score (nSPS) is 15.6. The van der Waals surface area contributed by atoms with Crippen molar-refractivity contribution < 1.29 is 14.4 Å². The van der Waals surface area contributed by atoms with E-state index in [9.17, 15) is 14.4 Å². The molecule has 0 saturated carbocycles. The van der Waals surface area contributed by atoms with Crippen molar-refractivity contribution in [3.8, 4) is 0 Å². The molecule has 1 fully saturated rings. The van der Waals surface area contributed by atoms with Gasteiger partial charge in [-0.05, 0) is 25.0 Å². The van der Waals surface area contributed by atoms with Crippen LogP contribution >= 0.6 is 0 Å². The summed E-state index contributed by atoms with van der Waals surface area (Å²) in [5, 5.41) is 0. The first-order valence-corrected chi connectivity index (χ1v) is 5.68. The van der Waals surface area contributed by atoms with Gasteiger partial charge in [0.25, 0.3) is 0 Å². The van der Waals surface area contributed by atoms with Crippen LogP contribution in [-0.4, -0.2) is 39.7 Å². The zero-order valence-corrected chi connectivity index (χ0v) is 10.9. The van der Waals surface area contributed by atoms with E-state index in [0.717, 1.165) is 15.4 Å². The lowest BCUT2D eigenvalue weighted by molar-refractivity contribution is -0.143. The van der Waals surface area contributed by atoms with Crippen LogP contribution in [0.25, 0.3) is 0 Å². The maximum atomic E-state index is 11.7. The number of carbonyl (C=O) groups is 3. The first-order valence-electron chi connectivity index (χ1n) is 5.68. The number of imide groups is 2. The minimum absolute atomic E-state index is 0.0515. The summed E-state index contributed by atoms with van der Waals surface area (Å²) in [6, 6.07) is -0.643. The van der Waals surface area contributed by atoms with Crippen LogP contribution in [0.1, 0.15) is 16.8 Å². The molecule has 1 aromatic rings. The molecule has 0 atom stereocenters. The summed E-state index contributed by atoms with van der Waals surface area (Å²) < 4.78 is 0. The van der Waals surface area contributed by atoms with Crippen molar-refractivity contribution in [1.82, 2.24) is 14.8 Å². The van der Waals surface area contributed by atoms with Gasteiger partial charge in [-0.3, -0.25) is 19.5 Å². The number of rotatable bonds is 2. The van der Waals surface area contributed by atoms with Gasteiger partial charge in [-0.15, -0.1) is 0 Å². The number of hydrogen-bond donors (Lipinski definition) is 1. The number of amides is 4. The maximum Gasteiger partial charge on any atom is 0.334 e. The van der Waals surface area contributed by atoms with Crippen molar-refractivity contribution in [2.45, 2.75) is 20.4 Å². The second-order valence-corrected chi connectivity index (χ2v) is 4.46. The van der Waals surface area contributed by atoms with Gasteiger partial charge in [0, 0.05) is 18.9 Å². The molecule has 2 N–H and O–H groups in total. The van der Waals surface area contributed by atoms with Crippen molar-refractivity contribution in [3.05, 3.63) is 23.0 Å². The van der Waals surface area contributed by atoms with Crippen molar-refractivity contribution in [3.63, 3.8) is 0 Å². The molecule has 100 valence electrons. The Morgan fingerprint density at radius 2 is 1.84 bits per heavy atom. The molecule has 0 spiro atoms. The predicted molar refractivity (Wildman–Crippen MR) is 66.8 cm³/mol. The fourth-order valence-electron chi connectivity index (χ4n) is 1.85. The summed E-state index contributed by atoms with van der Waals surface area (Å²) >= 11 is 0. The van der Waals surface area contributed by atoms with Gasteiger partial charge in [0.05, 0.1) is 12.2 Å². The van der Waals surface area contributed by atoms with Gasteiger partial charge in [-0.25, -0.2) is 9.69 Å². The van der Waals surface area contributed by atoms with Crippen LogP contribution in [0.5, 0.6) is 0 Å². The van der Waals surface area contributed by atoms with Crippen LogP contribution in [-0.2, 0) is 16.1 Å². The molecule has 0 aromatic carbocycles. The number of nitrogen functional groups attached to an aromatic ring is 1. The molecule has 0 aliphatic carbocycles. The average Bonchev–Trinajstić information content (AvgIpc) is 2.57. The minimum atomic E-state index is -0.840. The molecule has 2 rings (SSSR count). The van der Waals surface area contributed by atoms with E-state index in [4.69, 9.17) is 5.73 Å². The smallest absolute Gasteiger partial charge is 0.334 e. The van der Waals surface area contributed by atoms with Gasteiger partial charge in [0.2, 0.25) is 0 Å². The van der Waals surface area contributed by atoms with Crippen LogP contribution < -0.4 is 5.73 Å². The SMILES string of the molecule is Cc1cnc(CN2C(=O)C(=O)N(C)C2=O)c(C)c1N. The van der Waals surface area contributed by atoms with E-state index in [1.807, 2.05) is 6.92 Å². The lowest BCUT2D eigenvalue weighted by Crippen LogP contribution is -2.31. The van der Waals surface area contributed by atoms with E-state index < -0.39 is 17.8 Å². The molecule has 19 heavy (non-hydrogen) atoms. The lowest BCUT2D eigenvalue weighted by Gasteiger charge is -2.15. The predicted octanol–water partition coefficient (Wildman–Crippen LogP) is 0.201. The highest BCUT2D eigenvalue weighted by atomic mass is 16.2. The number of carbonyl (C=O) groups excluding carboxylic acids is 3. The fourth-order valence-corrected chi connectivity index (χ4v) is 1.85. The Kier molecular flexibility index (Phi) is 2.97. The fraction of sp³-hybridized carbons (Fsp3) is 0.333. The van der Waals surface area contributed by atoms with Gasteiger partial charge in [-0.2, -0.15) is 0 Å². The first kappa shape index (κ1) is 13.0. The van der Waals surface area contributed by atoms with Gasteiger partial charge >= 0.3 is 17.8 Å². The molecule has 1 saturated heterocycles. The van der Waals surface area contributed by atoms with Gasteiger partial charge in [0.1, 0.15) is 0 Å². The maximum absolute atomic E-state index is 11.7. The van der Waals surface area contributed by atoms with Gasteiger partial charge < -0.3 is 5.73 Å². The van der Waals surface area contributed by atoms with E-state index in [2.05, 4.69) is 4.98 Å². The second-order valence-electron chi connectivity index (χ2n) is 4.46. The van der Waals surface area contributed by atoms with Crippen LogP contribution in [0.4, 0.5) is 10.5 Å². The monoisotopic (exact) mass is 262 g/mol. The Morgan fingerprint density at radius 3 is 2.37 bits per heavy atom. The average molecular weight is 262 g/mol. The summed E-state index contributed by atoms with van der Waals surface area (Å²) in [7, 11) is 1.27. The molecule has 7 nitrogen and oxygen atoms in total. The first-order chi connectivity index (χ1) is 8.84. The number of nitrogens with zero attached hydrogens (tertiary/aromatic N) is 3. The van der Waals surface area contributed by atoms with Crippen LogP contribution in [0, 0.1) is 13.8 Å². The molecular weight excluding hydrogens is 248 g/mol. The van der Waals surface area contributed by atoms with Crippen molar-refractivity contribution >= 4 is 23.5 Å². The van der Waals surface area contributed by atoms with Crippen molar-refractivity contribution in [2.24, 2.45) is 0 Å². The standard InChI is InChI=1S/C12H14N4O3/c1-6-4-14-8(7(2)9(6)13)5-16-11(18)10(17)15(3)12(16)19/h4H,5H2,1-3H3,(H2,13,14).